The molecule has 1 aromatic rings. The van der Waals surface area contributed by atoms with Gasteiger partial charge in [0.05, 0.1) is 13.0 Å². The van der Waals surface area contributed by atoms with E-state index < -0.39 is 0 Å². The van der Waals surface area contributed by atoms with E-state index in [2.05, 4.69) is 0 Å². The Morgan fingerprint density at radius 1 is 1.41 bits per heavy atom. The Kier molecular flexibility index (Phi) is 6.01. The molecule has 0 aromatic heterocycles. The highest BCUT2D eigenvalue weighted by molar-refractivity contribution is 6.30. The fourth-order valence-corrected chi connectivity index (χ4v) is 1.52. The molecule has 4 heteroatoms. The predicted molar refractivity (Wildman–Crippen MR) is 68.9 cm³/mol. The number of benzene rings is 1. The van der Waals surface area contributed by atoms with Crippen LogP contribution in [0.2, 0.25) is 5.02 Å². The van der Waals surface area contributed by atoms with E-state index in [1.165, 1.54) is 0 Å². The minimum atomic E-state index is -0.332. The zero-order chi connectivity index (χ0) is 12.7. The molecular weight excluding hydrogens is 238 g/mol. The molecule has 17 heavy (non-hydrogen) atoms. The van der Waals surface area contributed by atoms with Gasteiger partial charge < -0.3 is 10.5 Å². The molecular formula is C13H18ClNO2. The van der Waals surface area contributed by atoms with E-state index in [4.69, 9.17) is 22.1 Å². The lowest BCUT2D eigenvalue weighted by Crippen LogP contribution is -2.17. The normalized spacial score (nSPS) is 12.2. The van der Waals surface area contributed by atoms with Crippen LogP contribution in [0.25, 0.3) is 0 Å². The Morgan fingerprint density at radius 3 is 2.65 bits per heavy atom. The quantitative estimate of drug-likeness (QED) is 0.628. The zero-order valence-electron chi connectivity index (χ0n) is 9.99. The average Bonchev–Trinajstić information content (AvgIpc) is 2.30. The first-order chi connectivity index (χ1) is 8.13. The zero-order valence-corrected chi connectivity index (χ0v) is 10.7. The molecule has 0 amide bonds. The summed E-state index contributed by atoms with van der Waals surface area (Å²) >= 11 is 5.77. The fraction of sp³-hybridized carbons (Fsp3) is 0.462. The highest BCUT2D eigenvalue weighted by Crippen LogP contribution is 2.17. The molecule has 2 N–H and O–H groups in total. The number of halogens is 1. The van der Waals surface area contributed by atoms with Crippen molar-refractivity contribution in [3.8, 4) is 0 Å². The van der Waals surface area contributed by atoms with E-state index in [0.29, 0.717) is 11.6 Å². The van der Waals surface area contributed by atoms with Crippen LogP contribution in [0.4, 0.5) is 0 Å². The molecule has 0 radical (unpaired) electrons. The molecule has 0 saturated heterocycles. The van der Waals surface area contributed by atoms with Gasteiger partial charge >= 0.3 is 5.97 Å². The summed E-state index contributed by atoms with van der Waals surface area (Å²) in [6, 6.07) is 6.85. The number of rotatable bonds is 6. The first-order valence-electron chi connectivity index (χ1n) is 5.80. The van der Waals surface area contributed by atoms with Crippen LogP contribution in [0.1, 0.15) is 37.8 Å². The number of unbranched alkanes of at least 4 members (excludes halogenated alkanes) is 1. The Labute approximate surface area is 107 Å². The number of esters is 1. The second-order valence-electron chi connectivity index (χ2n) is 3.94. The maximum atomic E-state index is 11.4. The molecule has 1 unspecified atom stereocenters. The second kappa shape index (κ2) is 7.30. The lowest BCUT2D eigenvalue weighted by molar-refractivity contribution is -0.144. The summed E-state index contributed by atoms with van der Waals surface area (Å²) in [5.74, 6) is -0.249. The molecule has 0 spiro atoms. The number of carbonyl (C=O) groups is 1. The molecule has 0 aliphatic heterocycles. The second-order valence-corrected chi connectivity index (χ2v) is 4.37. The Balaban J connectivity index is 2.40. The summed E-state index contributed by atoms with van der Waals surface area (Å²) in [6.07, 6.45) is 2.10. The largest absolute Gasteiger partial charge is 0.466 e. The molecule has 1 atom stereocenters. The summed E-state index contributed by atoms with van der Waals surface area (Å²) < 4.78 is 5.05. The highest BCUT2D eigenvalue weighted by atomic mass is 35.5. The summed E-state index contributed by atoms with van der Waals surface area (Å²) in [7, 11) is 0. The predicted octanol–water partition coefficient (Wildman–Crippen LogP) is 3.07. The monoisotopic (exact) mass is 255 g/mol. The minimum absolute atomic E-state index is 0.200. The third-order valence-electron chi connectivity index (χ3n) is 2.45. The SMILES string of the molecule is CCCCOC(=O)CC(N)c1ccc(Cl)cc1. The van der Waals surface area contributed by atoms with Gasteiger partial charge in [-0.2, -0.15) is 0 Å². The molecule has 0 aliphatic rings. The summed E-state index contributed by atoms with van der Waals surface area (Å²) in [4.78, 5) is 11.4. The van der Waals surface area contributed by atoms with Gasteiger partial charge in [0, 0.05) is 11.1 Å². The molecule has 1 aromatic carbocycles. The minimum Gasteiger partial charge on any atom is -0.466 e. The number of hydrogen-bond acceptors (Lipinski definition) is 3. The molecule has 0 bridgehead atoms. The summed E-state index contributed by atoms with van der Waals surface area (Å²) in [6.45, 7) is 2.52. The molecule has 3 nitrogen and oxygen atoms in total. The van der Waals surface area contributed by atoms with Gasteiger partial charge in [0.2, 0.25) is 0 Å². The topological polar surface area (TPSA) is 52.3 Å². The van der Waals surface area contributed by atoms with E-state index in [1.54, 1.807) is 12.1 Å². The van der Waals surface area contributed by atoms with E-state index in [1.807, 2.05) is 19.1 Å². The first-order valence-corrected chi connectivity index (χ1v) is 6.18. The van der Waals surface area contributed by atoms with Gasteiger partial charge in [0.15, 0.2) is 0 Å². The third kappa shape index (κ3) is 5.20. The van der Waals surface area contributed by atoms with E-state index >= 15 is 0 Å². The third-order valence-corrected chi connectivity index (χ3v) is 2.70. The number of carbonyl (C=O) groups excluding carboxylic acids is 1. The van der Waals surface area contributed by atoms with Crippen molar-refractivity contribution >= 4 is 17.6 Å². The van der Waals surface area contributed by atoms with Gasteiger partial charge in [0.1, 0.15) is 0 Å². The van der Waals surface area contributed by atoms with Crippen LogP contribution < -0.4 is 5.73 Å². The van der Waals surface area contributed by atoms with Crippen LogP contribution in [0.5, 0.6) is 0 Å². The van der Waals surface area contributed by atoms with Crippen molar-refractivity contribution in [2.45, 2.75) is 32.2 Å². The molecule has 0 fully saturated rings. The smallest absolute Gasteiger partial charge is 0.307 e. The number of ether oxygens (including phenoxy) is 1. The summed E-state index contributed by atoms with van der Waals surface area (Å²) in [5, 5.41) is 0.659. The van der Waals surface area contributed by atoms with Crippen molar-refractivity contribution in [3.05, 3.63) is 34.9 Å². The van der Waals surface area contributed by atoms with Crippen LogP contribution in [-0.4, -0.2) is 12.6 Å². The van der Waals surface area contributed by atoms with Gasteiger partial charge in [-0.15, -0.1) is 0 Å². The van der Waals surface area contributed by atoms with E-state index in [9.17, 15) is 4.79 Å². The molecule has 0 aliphatic carbocycles. The van der Waals surface area contributed by atoms with Gasteiger partial charge in [-0.25, -0.2) is 0 Å². The molecule has 0 heterocycles. The van der Waals surface area contributed by atoms with Gasteiger partial charge in [-0.3, -0.25) is 4.79 Å². The standard InChI is InChI=1S/C13H18ClNO2/c1-2-3-8-17-13(16)9-12(15)10-4-6-11(14)7-5-10/h4-7,12H,2-3,8-9,15H2,1H3. The van der Waals surface area contributed by atoms with Crippen molar-refractivity contribution in [1.82, 2.24) is 0 Å². The molecule has 94 valence electrons. The van der Waals surface area contributed by atoms with Crippen LogP contribution in [0, 0.1) is 0 Å². The Morgan fingerprint density at radius 2 is 2.06 bits per heavy atom. The van der Waals surface area contributed by atoms with Gasteiger partial charge in [-0.05, 0) is 24.1 Å². The van der Waals surface area contributed by atoms with Gasteiger partial charge in [0.25, 0.3) is 0 Å². The van der Waals surface area contributed by atoms with Crippen LogP contribution in [-0.2, 0) is 9.53 Å². The Hall–Kier alpha value is -1.06. The van der Waals surface area contributed by atoms with Crippen LogP contribution in [0.3, 0.4) is 0 Å². The van der Waals surface area contributed by atoms with Gasteiger partial charge in [-0.1, -0.05) is 37.1 Å². The van der Waals surface area contributed by atoms with Crippen molar-refractivity contribution in [2.24, 2.45) is 5.73 Å². The van der Waals surface area contributed by atoms with E-state index in [0.717, 1.165) is 18.4 Å². The number of nitrogens with two attached hydrogens (primary N) is 1. The lowest BCUT2D eigenvalue weighted by Gasteiger charge is -2.11. The first kappa shape index (κ1) is 14.0. The van der Waals surface area contributed by atoms with Crippen molar-refractivity contribution < 1.29 is 9.53 Å². The van der Waals surface area contributed by atoms with Crippen molar-refractivity contribution in [1.29, 1.82) is 0 Å². The van der Waals surface area contributed by atoms with E-state index in [-0.39, 0.29) is 18.4 Å². The van der Waals surface area contributed by atoms with Crippen LogP contribution in [0.15, 0.2) is 24.3 Å². The highest BCUT2D eigenvalue weighted by Gasteiger charge is 2.12. The number of hydrogen-bond donors (Lipinski definition) is 1. The van der Waals surface area contributed by atoms with Crippen LogP contribution >= 0.6 is 11.6 Å². The average molecular weight is 256 g/mol. The Bertz CT molecular complexity index is 351. The lowest BCUT2D eigenvalue weighted by atomic mass is 10.1. The maximum absolute atomic E-state index is 11.4. The molecule has 0 saturated carbocycles. The van der Waals surface area contributed by atoms with Crippen molar-refractivity contribution in [3.63, 3.8) is 0 Å². The summed E-state index contributed by atoms with van der Waals surface area (Å²) in [5.41, 5.74) is 6.80. The van der Waals surface area contributed by atoms with Crippen molar-refractivity contribution in [2.75, 3.05) is 6.61 Å². The fourth-order valence-electron chi connectivity index (χ4n) is 1.40. The maximum Gasteiger partial charge on any atom is 0.307 e. The molecule has 1 rings (SSSR count).